The lowest BCUT2D eigenvalue weighted by Crippen LogP contribution is -2.41. The highest BCUT2D eigenvalue weighted by Gasteiger charge is 2.35. The van der Waals surface area contributed by atoms with Gasteiger partial charge < -0.3 is 10.5 Å². The van der Waals surface area contributed by atoms with E-state index in [1.165, 1.54) is 0 Å². The summed E-state index contributed by atoms with van der Waals surface area (Å²) in [5, 5.41) is 0. The van der Waals surface area contributed by atoms with Gasteiger partial charge in [-0.15, -0.1) is 0 Å². The van der Waals surface area contributed by atoms with Gasteiger partial charge in [-0.2, -0.15) is 0 Å². The summed E-state index contributed by atoms with van der Waals surface area (Å²) in [6, 6.07) is 0.0315. The Balaban J connectivity index is 2.27. The Bertz CT molecular complexity index is 154. The lowest BCUT2D eigenvalue weighted by Gasteiger charge is -2.32. The molecule has 1 aliphatic carbocycles. The first kappa shape index (κ1) is 10.9. The maximum Gasteiger partial charge on any atom is 0.135 e. The number of nitrogens with two attached hydrogens (primary N) is 1. The van der Waals surface area contributed by atoms with Crippen molar-refractivity contribution in [2.75, 3.05) is 13.2 Å². The molecule has 13 heavy (non-hydrogen) atoms. The summed E-state index contributed by atoms with van der Waals surface area (Å²) < 4.78 is 19.2. The van der Waals surface area contributed by atoms with E-state index in [1.54, 1.807) is 0 Å². The van der Waals surface area contributed by atoms with Crippen molar-refractivity contribution in [1.29, 1.82) is 0 Å². The number of hydrogen-bond donors (Lipinski definition) is 1. The molecule has 0 amide bonds. The first-order chi connectivity index (χ1) is 6.16. The highest BCUT2D eigenvalue weighted by Crippen LogP contribution is 2.31. The summed E-state index contributed by atoms with van der Waals surface area (Å²) in [5.74, 6) is 0. The molecular weight excluding hydrogens is 169 g/mol. The molecule has 2 N–H and O–H groups in total. The Hall–Kier alpha value is -0.150. The van der Waals surface area contributed by atoms with Crippen LogP contribution in [0, 0.1) is 0 Å². The molecule has 2 unspecified atom stereocenters. The fourth-order valence-electron chi connectivity index (χ4n) is 1.89. The summed E-state index contributed by atoms with van der Waals surface area (Å²) in [7, 11) is 0. The van der Waals surface area contributed by atoms with Crippen LogP contribution in [0.25, 0.3) is 0 Å². The maximum atomic E-state index is 13.9. The van der Waals surface area contributed by atoms with E-state index in [1.807, 2.05) is 6.92 Å². The molecule has 2 atom stereocenters. The summed E-state index contributed by atoms with van der Waals surface area (Å²) >= 11 is 0. The van der Waals surface area contributed by atoms with Crippen molar-refractivity contribution in [3.63, 3.8) is 0 Å². The summed E-state index contributed by atoms with van der Waals surface area (Å²) in [6.07, 6.45) is 3.88. The van der Waals surface area contributed by atoms with Crippen LogP contribution in [-0.4, -0.2) is 24.9 Å². The van der Waals surface area contributed by atoms with Crippen LogP contribution in [0.2, 0.25) is 0 Å². The quantitative estimate of drug-likeness (QED) is 0.687. The monoisotopic (exact) mass is 189 g/mol. The standard InChI is InChI=1S/C10H20FNO/c1-2-6-13-8-10(11)5-3-4-9(12)7-10/h9H,2-8,12H2,1H3. The maximum absolute atomic E-state index is 13.9. The van der Waals surface area contributed by atoms with E-state index in [0.717, 1.165) is 19.3 Å². The normalized spacial score (nSPS) is 34.8. The smallest absolute Gasteiger partial charge is 0.135 e. The van der Waals surface area contributed by atoms with Crippen molar-refractivity contribution in [2.24, 2.45) is 5.73 Å². The van der Waals surface area contributed by atoms with E-state index in [-0.39, 0.29) is 12.6 Å². The topological polar surface area (TPSA) is 35.2 Å². The average molecular weight is 189 g/mol. The van der Waals surface area contributed by atoms with Gasteiger partial charge in [0, 0.05) is 12.6 Å². The molecule has 0 heterocycles. The van der Waals surface area contributed by atoms with Crippen molar-refractivity contribution in [3.05, 3.63) is 0 Å². The van der Waals surface area contributed by atoms with Gasteiger partial charge >= 0.3 is 0 Å². The molecule has 0 aromatic rings. The molecule has 0 saturated heterocycles. The Morgan fingerprint density at radius 2 is 2.38 bits per heavy atom. The third-order valence-electron chi connectivity index (χ3n) is 2.54. The second-order valence-electron chi connectivity index (χ2n) is 4.06. The third-order valence-corrected chi connectivity index (χ3v) is 2.54. The summed E-state index contributed by atoms with van der Waals surface area (Å²) in [4.78, 5) is 0. The minimum absolute atomic E-state index is 0.0315. The second-order valence-corrected chi connectivity index (χ2v) is 4.06. The third kappa shape index (κ3) is 3.61. The SMILES string of the molecule is CCCOCC1(F)CCCC(N)C1. The molecular formula is C10H20FNO. The number of alkyl halides is 1. The van der Waals surface area contributed by atoms with Gasteiger partial charge in [0.2, 0.25) is 0 Å². The summed E-state index contributed by atoms with van der Waals surface area (Å²) in [5.41, 5.74) is 4.57. The highest BCUT2D eigenvalue weighted by molar-refractivity contribution is 4.88. The molecule has 3 heteroatoms. The van der Waals surface area contributed by atoms with Gasteiger partial charge in [-0.3, -0.25) is 0 Å². The van der Waals surface area contributed by atoms with Gasteiger partial charge in [-0.1, -0.05) is 6.92 Å². The molecule has 0 aromatic carbocycles. The Kier molecular flexibility index (Phi) is 4.13. The minimum Gasteiger partial charge on any atom is -0.378 e. The zero-order valence-corrected chi connectivity index (χ0v) is 8.39. The molecule has 0 bridgehead atoms. The van der Waals surface area contributed by atoms with Crippen LogP contribution < -0.4 is 5.73 Å². The zero-order valence-electron chi connectivity index (χ0n) is 8.39. The molecule has 1 aliphatic rings. The number of halogens is 1. The van der Waals surface area contributed by atoms with E-state index >= 15 is 0 Å². The van der Waals surface area contributed by atoms with E-state index in [4.69, 9.17) is 10.5 Å². The van der Waals surface area contributed by atoms with E-state index in [9.17, 15) is 4.39 Å². The Labute approximate surface area is 79.6 Å². The zero-order chi connectivity index (χ0) is 9.73. The predicted octanol–water partition coefficient (Wildman–Crippen LogP) is 2.02. The minimum atomic E-state index is -1.15. The van der Waals surface area contributed by atoms with E-state index < -0.39 is 5.67 Å². The largest absolute Gasteiger partial charge is 0.378 e. The average Bonchev–Trinajstić information content (AvgIpc) is 2.04. The molecule has 1 fully saturated rings. The van der Waals surface area contributed by atoms with Crippen LogP contribution in [0.15, 0.2) is 0 Å². The number of ether oxygens (including phenoxy) is 1. The fraction of sp³-hybridized carbons (Fsp3) is 1.00. The van der Waals surface area contributed by atoms with Crippen LogP contribution in [0.3, 0.4) is 0 Å². The van der Waals surface area contributed by atoms with Crippen molar-refractivity contribution < 1.29 is 9.13 Å². The van der Waals surface area contributed by atoms with Crippen LogP contribution in [-0.2, 0) is 4.74 Å². The van der Waals surface area contributed by atoms with Crippen molar-refractivity contribution in [3.8, 4) is 0 Å². The van der Waals surface area contributed by atoms with Gasteiger partial charge in [-0.25, -0.2) is 4.39 Å². The van der Waals surface area contributed by atoms with Gasteiger partial charge in [0.15, 0.2) is 0 Å². The number of hydrogen-bond acceptors (Lipinski definition) is 2. The summed E-state index contributed by atoms with van der Waals surface area (Å²) in [6.45, 7) is 2.91. The van der Waals surface area contributed by atoms with Crippen molar-refractivity contribution in [1.82, 2.24) is 0 Å². The predicted molar refractivity (Wildman–Crippen MR) is 51.4 cm³/mol. The van der Waals surface area contributed by atoms with Gasteiger partial charge in [-0.05, 0) is 32.1 Å². The van der Waals surface area contributed by atoms with Gasteiger partial charge in [0.05, 0.1) is 6.61 Å². The molecule has 0 aromatic heterocycles. The molecule has 1 rings (SSSR count). The number of rotatable bonds is 4. The van der Waals surface area contributed by atoms with E-state index in [0.29, 0.717) is 19.4 Å². The second kappa shape index (κ2) is 4.91. The first-order valence-electron chi connectivity index (χ1n) is 5.18. The van der Waals surface area contributed by atoms with Crippen LogP contribution in [0.1, 0.15) is 39.0 Å². The lowest BCUT2D eigenvalue weighted by atomic mass is 9.84. The molecule has 1 saturated carbocycles. The first-order valence-corrected chi connectivity index (χ1v) is 5.18. The molecule has 78 valence electrons. The van der Waals surface area contributed by atoms with Crippen LogP contribution in [0.4, 0.5) is 4.39 Å². The van der Waals surface area contributed by atoms with Crippen LogP contribution in [0.5, 0.6) is 0 Å². The van der Waals surface area contributed by atoms with Crippen LogP contribution >= 0.6 is 0 Å². The Morgan fingerprint density at radius 1 is 1.62 bits per heavy atom. The van der Waals surface area contributed by atoms with Crippen molar-refractivity contribution in [2.45, 2.75) is 50.7 Å². The molecule has 0 spiro atoms. The molecule has 0 radical (unpaired) electrons. The highest BCUT2D eigenvalue weighted by atomic mass is 19.1. The Morgan fingerprint density at radius 3 is 3.00 bits per heavy atom. The molecule has 0 aliphatic heterocycles. The van der Waals surface area contributed by atoms with Crippen molar-refractivity contribution >= 4 is 0 Å². The lowest BCUT2D eigenvalue weighted by molar-refractivity contribution is -0.0119. The van der Waals surface area contributed by atoms with E-state index in [2.05, 4.69) is 0 Å². The molecule has 2 nitrogen and oxygen atoms in total. The van der Waals surface area contributed by atoms with Gasteiger partial charge in [0.1, 0.15) is 5.67 Å². The van der Waals surface area contributed by atoms with Gasteiger partial charge in [0.25, 0.3) is 0 Å². The fourth-order valence-corrected chi connectivity index (χ4v) is 1.89.